The molecule has 1 atom stereocenters. The number of hydrogen-bond acceptors (Lipinski definition) is 4. The minimum Gasteiger partial charge on any atom is -0.357 e. The van der Waals surface area contributed by atoms with E-state index in [1.807, 2.05) is 7.05 Å². The van der Waals surface area contributed by atoms with Gasteiger partial charge in [-0.15, -0.1) is 24.0 Å². The molecule has 0 amide bonds. The fourth-order valence-electron chi connectivity index (χ4n) is 3.63. The number of nitrogens with zero attached hydrogens (tertiary/aromatic N) is 5. The molecule has 0 aromatic carbocycles. The number of hydrogen-bond donors (Lipinski definition) is 2. The highest BCUT2D eigenvalue weighted by Crippen LogP contribution is 2.26. The molecule has 136 valence electrons. The predicted molar refractivity (Wildman–Crippen MR) is 107 cm³/mol. The summed E-state index contributed by atoms with van der Waals surface area (Å²) in [5.74, 6) is 1.76. The average Bonchev–Trinajstić information content (AvgIpc) is 3.26. The quantitative estimate of drug-likeness (QED) is 0.407. The van der Waals surface area contributed by atoms with Gasteiger partial charge in [0.05, 0.1) is 0 Å². The highest BCUT2D eigenvalue weighted by atomic mass is 127. The zero-order valence-corrected chi connectivity index (χ0v) is 17.1. The molecule has 1 saturated heterocycles. The third-order valence-corrected chi connectivity index (χ3v) is 4.93. The van der Waals surface area contributed by atoms with Crippen molar-refractivity contribution in [2.45, 2.75) is 57.7 Å². The van der Waals surface area contributed by atoms with Crippen LogP contribution in [0, 0.1) is 0 Å². The molecule has 2 heterocycles. The topological polar surface area (TPSA) is 70.4 Å². The standard InChI is InChI=1S/C16H29N7.HI/c1-3-17-16(18-10-15-19-12-20-22(15)2)21-13-8-9-23(11-13)14-6-4-5-7-14;/h12-14H,3-11H2,1-2H3,(H2,17,18,21);1H. The van der Waals surface area contributed by atoms with E-state index in [-0.39, 0.29) is 24.0 Å². The highest BCUT2D eigenvalue weighted by molar-refractivity contribution is 14.0. The van der Waals surface area contributed by atoms with E-state index in [0.29, 0.717) is 12.6 Å². The average molecular weight is 447 g/mol. The molecule has 2 N–H and O–H groups in total. The molecule has 0 bridgehead atoms. The molecule has 1 aromatic heterocycles. The summed E-state index contributed by atoms with van der Waals surface area (Å²) < 4.78 is 1.77. The van der Waals surface area contributed by atoms with E-state index in [4.69, 9.17) is 0 Å². The van der Waals surface area contributed by atoms with Gasteiger partial charge in [0.15, 0.2) is 5.96 Å². The van der Waals surface area contributed by atoms with Crippen LogP contribution in [0.15, 0.2) is 11.3 Å². The molecule has 0 radical (unpaired) electrons. The molecule has 1 saturated carbocycles. The number of halogens is 1. The number of nitrogens with one attached hydrogen (secondary N) is 2. The maximum absolute atomic E-state index is 4.66. The van der Waals surface area contributed by atoms with Gasteiger partial charge in [-0.25, -0.2) is 9.98 Å². The smallest absolute Gasteiger partial charge is 0.191 e. The van der Waals surface area contributed by atoms with Crippen LogP contribution in [-0.4, -0.2) is 57.3 Å². The Balaban J connectivity index is 0.00000208. The SMILES string of the molecule is CCNC(=NCc1ncnn1C)NC1CCN(C2CCCC2)C1.I. The Morgan fingerprint density at radius 3 is 2.79 bits per heavy atom. The molecule has 24 heavy (non-hydrogen) atoms. The van der Waals surface area contributed by atoms with Crippen molar-refractivity contribution in [3.05, 3.63) is 12.2 Å². The van der Waals surface area contributed by atoms with Crippen molar-refractivity contribution in [1.82, 2.24) is 30.3 Å². The number of aromatic nitrogens is 3. The van der Waals surface area contributed by atoms with Crippen LogP contribution in [0.3, 0.4) is 0 Å². The molecule has 2 aliphatic rings. The fraction of sp³-hybridized carbons (Fsp3) is 0.812. The number of rotatable bonds is 5. The second-order valence-electron chi connectivity index (χ2n) is 6.56. The van der Waals surface area contributed by atoms with Crippen molar-refractivity contribution in [2.75, 3.05) is 19.6 Å². The lowest BCUT2D eigenvalue weighted by Gasteiger charge is -2.24. The largest absolute Gasteiger partial charge is 0.357 e. The van der Waals surface area contributed by atoms with Crippen molar-refractivity contribution in [3.63, 3.8) is 0 Å². The maximum atomic E-state index is 4.66. The Morgan fingerprint density at radius 2 is 2.12 bits per heavy atom. The molecule has 0 spiro atoms. The number of aryl methyl sites for hydroxylation is 1. The van der Waals surface area contributed by atoms with Crippen LogP contribution >= 0.6 is 24.0 Å². The molecule has 7 nitrogen and oxygen atoms in total. The van der Waals surface area contributed by atoms with Gasteiger partial charge in [0.1, 0.15) is 18.7 Å². The third-order valence-electron chi connectivity index (χ3n) is 4.93. The van der Waals surface area contributed by atoms with E-state index in [0.717, 1.165) is 30.9 Å². The normalized spacial score (nSPS) is 22.6. The van der Waals surface area contributed by atoms with Gasteiger partial charge in [0, 0.05) is 38.8 Å². The summed E-state index contributed by atoms with van der Waals surface area (Å²) in [6, 6.07) is 1.31. The third kappa shape index (κ3) is 5.05. The molecule has 1 aromatic rings. The summed E-state index contributed by atoms with van der Waals surface area (Å²) in [7, 11) is 1.90. The van der Waals surface area contributed by atoms with Gasteiger partial charge in [0.2, 0.25) is 0 Å². The van der Waals surface area contributed by atoms with Crippen LogP contribution in [0.5, 0.6) is 0 Å². The van der Waals surface area contributed by atoms with Gasteiger partial charge in [-0.3, -0.25) is 9.58 Å². The molecule has 1 aliphatic heterocycles. The van der Waals surface area contributed by atoms with Crippen molar-refractivity contribution < 1.29 is 0 Å². The van der Waals surface area contributed by atoms with Gasteiger partial charge < -0.3 is 10.6 Å². The summed E-state index contributed by atoms with van der Waals surface area (Å²) in [4.78, 5) is 11.5. The van der Waals surface area contributed by atoms with E-state index in [2.05, 4.69) is 37.5 Å². The van der Waals surface area contributed by atoms with Gasteiger partial charge in [0.25, 0.3) is 0 Å². The molecule has 1 aliphatic carbocycles. The Morgan fingerprint density at radius 1 is 1.33 bits per heavy atom. The van der Waals surface area contributed by atoms with Crippen molar-refractivity contribution in [2.24, 2.45) is 12.0 Å². The molecule has 3 rings (SSSR count). The first-order valence-electron chi connectivity index (χ1n) is 8.88. The Bertz CT molecular complexity index is 524. The van der Waals surface area contributed by atoms with Crippen LogP contribution in [0.2, 0.25) is 0 Å². The minimum atomic E-state index is 0. The lowest BCUT2D eigenvalue weighted by atomic mass is 10.2. The summed E-state index contributed by atoms with van der Waals surface area (Å²) in [6.45, 7) is 5.86. The molecule has 8 heteroatoms. The van der Waals surface area contributed by atoms with Gasteiger partial charge >= 0.3 is 0 Å². The van der Waals surface area contributed by atoms with Gasteiger partial charge in [-0.2, -0.15) is 5.10 Å². The first kappa shape index (κ1) is 19.4. The molecule has 2 fully saturated rings. The van der Waals surface area contributed by atoms with Crippen LogP contribution in [-0.2, 0) is 13.6 Å². The van der Waals surface area contributed by atoms with Gasteiger partial charge in [-0.05, 0) is 26.2 Å². The summed E-state index contributed by atoms with van der Waals surface area (Å²) in [6.07, 6.45) is 8.34. The number of aliphatic imine (C=N–C) groups is 1. The minimum absolute atomic E-state index is 0. The number of likely N-dealkylation sites (tertiary alicyclic amines) is 1. The first-order chi connectivity index (χ1) is 11.3. The van der Waals surface area contributed by atoms with E-state index in [1.165, 1.54) is 38.6 Å². The van der Waals surface area contributed by atoms with E-state index >= 15 is 0 Å². The fourth-order valence-corrected chi connectivity index (χ4v) is 3.63. The Hall–Kier alpha value is -0.900. The van der Waals surface area contributed by atoms with Crippen molar-refractivity contribution >= 4 is 29.9 Å². The molecular formula is C16H30IN7. The molecular weight excluding hydrogens is 417 g/mol. The summed E-state index contributed by atoms with van der Waals surface area (Å²) in [5.41, 5.74) is 0. The zero-order chi connectivity index (χ0) is 16.1. The van der Waals surface area contributed by atoms with Crippen LogP contribution in [0.1, 0.15) is 44.9 Å². The van der Waals surface area contributed by atoms with Crippen molar-refractivity contribution in [3.8, 4) is 0 Å². The highest BCUT2D eigenvalue weighted by Gasteiger charge is 2.30. The van der Waals surface area contributed by atoms with Crippen LogP contribution < -0.4 is 10.6 Å². The Labute approximate surface area is 161 Å². The zero-order valence-electron chi connectivity index (χ0n) is 14.7. The predicted octanol–water partition coefficient (Wildman–Crippen LogP) is 1.51. The maximum Gasteiger partial charge on any atom is 0.191 e. The lowest BCUT2D eigenvalue weighted by Crippen LogP contribution is -2.45. The first-order valence-corrected chi connectivity index (χ1v) is 8.88. The van der Waals surface area contributed by atoms with Gasteiger partial charge in [-0.1, -0.05) is 12.8 Å². The molecule has 1 unspecified atom stereocenters. The van der Waals surface area contributed by atoms with Crippen LogP contribution in [0.4, 0.5) is 0 Å². The second kappa shape index (κ2) is 9.55. The number of guanidine groups is 1. The monoisotopic (exact) mass is 447 g/mol. The van der Waals surface area contributed by atoms with Crippen LogP contribution in [0.25, 0.3) is 0 Å². The van der Waals surface area contributed by atoms with Crippen molar-refractivity contribution in [1.29, 1.82) is 0 Å². The summed E-state index contributed by atoms with van der Waals surface area (Å²) >= 11 is 0. The Kier molecular flexibility index (Phi) is 7.73. The van der Waals surface area contributed by atoms with E-state index < -0.39 is 0 Å². The second-order valence-corrected chi connectivity index (χ2v) is 6.56. The van der Waals surface area contributed by atoms with E-state index in [9.17, 15) is 0 Å². The van der Waals surface area contributed by atoms with E-state index in [1.54, 1.807) is 11.0 Å². The summed E-state index contributed by atoms with van der Waals surface area (Å²) in [5, 5.41) is 11.0. The lowest BCUT2D eigenvalue weighted by molar-refractivity contribution is 0.242.